The molecule has 5 aromatic rings. The number of rotatable bonds is 6. The van der Waals surface area contributed by atoms with Crippen LogP contribution in [0.1, 0.15) is 41.2 Å². The number of aryl methyl sites for hydroxylation is 1. The lowest BCUT2D eigenvalue weighted by Gasteiger charge is -2.30. The molecule has 0 saturated heterocycles. The van der Waals surface area contributed by atoms with E-state index in [9.17, 15) is 13.6 Å². The highest BCUT2D eigenvalue weighted by Gasteiger charge is 2.25. The summed E-state index contributed by atoms with van der Waals surface area (Å²) in [5, 5.41) is 9.67. The molecule has 0 bridgehead atoms. The second kappa shape index (κ2) is 10.5. The first-order valence-electron chi connectivity index (χ1n) is 12.8. The second-order valence-corrected chi connectivity index (χ2v) is 10.8. The lowest BCUT2D eigenvalue weighted by molar-refractivity contribution is 0.0922. The molecule has 2 aromatic carbocycles. The van der Waals surface area contributed by atoms with Crippen LogP contribution in [-0.4, -0.2) is 37.9 Å². The number of nitrogens with zero attached hydrogens (tertiary/aromatic N) is 3. The van der Waals surface area contributed by atoms with Crippen LogP contribution in [0.3, 0.4) is 0 Å². The minimum Gasteiger partial charge on any atom is -0.367 e. The molecule has 3 heterocycles. The number of carbonyl (C=O) groups excluding carboxylic acids is 1. The van der Waals surface area contributed by atoms with E-state index in [1.54, 1.807) is 11.6 Å². The number of H-pyrrole nitrogens is 1. The van der Waals surface area contributed by atoms with Gasteiger partial charge < -0.3 is 15.6 Å². The van der Waals surface area contributed by atoms with Crippen molar-refractivity contribution < 1.29 is 13.6 Å². The molecule has 6 rings (SSSR count). The highest BCUT2D eigenvalue weighted by molar-refractivity contribution is 7.09. The molecular formula is C29H26F2N6OS. The normalized spacial score (nSPS) is 17.3. The minimum absolute atomic E-state index is 0.0141. The van der Waals surface area contributed by atoms with Crippen LogP contribution in [0.5, 0.6) is 0 Å². The summed E-state index contributed by atoms with van der Waals surface area (Å²) in [6.45, 7) is 1.88. The first kappa shape index (κ1) is 25.1. The lowest BCUT2D eigenvalue weighted by Crippen LogP contribution is -2.42. The largest absolute Gasteiger partial charge is 0.367 e. The molecule has 198 valence electrons. The van der Waals surface area contributed by atoms with Gasteiger partial charge in [-0.3, -0.25) is 4.79 Å². The maximum atomic E-state index is 14.4. The fourth-order valence-electron chi connectivity index (χ4n) is 5.13. The van der Waals surface area contributed by atoms with Gasteiger partial charge in [0.2, 0.25) is 0 Å². The number of hydrogen-bond donors (Lipinski definition) is 3. The zero-order valence-electron chi connectivity index (χ0n) is 21.2. The number of thiazole rings is 1. The third-order valence-electron chi connectivity index (χ3n) is 6.96. The standard InChI is InChI=1S/C29H26F2N6OS/c1-16-33-25(15-39-16)29(38)35-20-9-5-8-19(12-20)34-26-13-24(17-6-3-2-4-7-17)36-28(37-26)22-14-32-27-21(22)10-18(30)11-23(27)31/h2-4,6-7,10-11,13-15,19-20,32H,5,8-9,12H2,1H3,(H,35,38)(H,34,36,37). The van der Waals surface area contributed by atoms with E-state index in [2.05, 4.69) is 20.6 Å². The van der Waals surface area contributed by atoms with Crippen LogP contribution in [0.25, 0.3) is 33.5 Å². The zero-order chi connectivity index (χ0) is 26.9. The molecule has 1 aliphatic carbocycles. The van der Waals surface area contributed by atoms with E-state index in [1.165, 1.54) is 17.4 Å². The van der Waals surface area contributed by atoms with E-state index in [1.807, 2.05) is 43.3 Å². The Balaban J connectivity index is 1.29. The molecule has 1 aliphatic rings. The summed E-state index contributed by atoms with van der Waals surface area (Å²) >= 11 is 1.46. The number of hydrogen-bond acceptors (Lipinski definition) is 6. The molecule has 1 amide bonds. The number of fused-ring (bicyclic) bond motifs is 1. The van der Waals surface area contributed by atoms with Gasteiger partial charge in [0, 0.05) is 52.3 Å². The van der Waals surface area contributed by atoms with E-state index in [0.717, 1.165) is 42.3 Å². The second-order valence-electron chi connectivity index (χ2n) is 9.77. The topological polar surface area (TPSA) is 95.6 Å². The summed E-state index contributed by atoms with van der Waals surface area (Å²) in [5.41, 5.74) is 2.75. The number of halogens is 2. The molecular weight excluding hydrogens is 518 g/mol. The Morgan fingerprint density at radius 2 is 1.87 bits per heavy atom. The fraction of sp³-hybridized carbons (Fsp3) is 0.241. The molecule has 0 aliphatic heterocycles. The highest BCUT2D eigenvalue weighted by atomic mass is 32.1. The molecule has 1 saturated carbocycles. The molecule has 3 aromatic heterocycles. The van der Waals surface area contributed by atoms with Crippen molar-refractivity contribution in [3.05, 3.63) is 82.4 Å². The summed E-state index contributed by atoms with van der Waals surface area (Å²) < 4.78 is 28.5. The van der Waals surface area contributed by atoms with E-state index in [4.69, 9.17) is 9.97 Å². The van der Waals surface area contributed by atoms with E-state index in [0.29, 0.717) is 34.0 Å². The number of nitrogens with one attached hydrogen (secondary N) is 3. The highest BCUT2D eigenvalue weighted by Crippen LogP contribution is 2.32. The first-order valence-corrected chi connectivity index (χ1v) is 13.7. The number of aromatic nitrogens is 4. The molecule has 2 atom stereocenters. The summed E-state index contributed by atoms with van der Waals surface area (Å²) in [6, 6.07) is 13.8. The zero-order valence-corrected chi connectivity index (χ0v) is 22.0. The Morgan fingerprint density at radius 1 is 1.05 bits per heavy atom. The van der Waals surface area contributed by atoms with E-state index in [-0.39, 0.29) is 23.5 Å². The van der Waals surface area contributed by atoms with Crippen molar-refractivity contribution >= 4 is 34.0 Å². The summed E-state index contributed by atoms with van der Waals surface area (Å²) in [4.78, 5) is 29.4. The van der Waals surface area contributed by atoms with E-state index >= 15 is 0 Å². The van der Waals surface area contributed by atoms with Crippen molar-refractivity contribution in [1.82, 2.24) is 25.3 Å². The Kier molecular flexibility index (Phi) is 6.78. The van der Waals surface area contributed by atoms with Crippen molar-refractivity contribution in [3.63, 3.8) is 0 Å². The predicted molar refractivity (Wildman–Crippen MR) is 149 cm³/mol. The lowest BCUT2D eigenvalue weighted by atomic mass is 9.91. The Bertz CT molecular complexity index is 1650. The van der Waals surface area contributed by atoms with Crippen LogP contribution in [0, 0.1) is 18.6 Å². The van der Waals surface area contributed by atoms with Crippen LogP contribution >= 0.6 is 11.3 Å². The van der Waals surface area contributed by atoms with Gasteiger partial charge >= 0.3 is 0 Å². The molecule has 10 heteroatoms. The number of benzene rings is 2. The van der Waals surface area contributed by atoms with Crippen molar-refractivity contribution in [2.45, 2.75) is 44.7 Å². The van der Waals surface area contributed by atoms with Gasteiger partial charge in [0.05, 0.1) is 16.2 Å². The van der Waals surface area contributed by atoms with Crippen molar-refractivity contribution in [1.29, 1.82) is 0 Å². The summed E-state index contributed by atoms with van der Waals surface area (Å²) in [6.07, 6.45) is 5.10. The van der Waals surface area contributed by atoms with Crippen molar-refractivity contribution in [3.8, 4) is 22.6 Å². The van der Waals surface area contributed by atoms with Gasteiger partial charge in [-0.05, 0) is 38.7 Å². The van der Waals surface area contributed by atoms with Gasteiger partial charge in [-0.1, -0.05) is 30.3 Å². The first-order chi connectivity index (χ1) is 18.9. The van der Waals surface area contributed by atoms with E-state index < -0.39 is 11.6 Å². The third kappa shape index (κ3) is 5.37. The summed E-state index contributed by atoms with van der Waals surface area (Å²) in [5.74, 6) is -0.523. The fourth-order valence-corrected chi connectivity index (χ4v) is 5.72. The number of aromatic amines is 1. The summed E-state index contributed by atoms with van der Waals surface area (Å²) in [7, 11) is 0. The maximum Gasteiger partial charge on any atom is 0.270 e. The number of carbonyl (C=O) groups is 1. The Hall–Kier alpha value is -4.18. The number of amides is 1. The van der Waals surface area contributed by atoms with Crippen LogP contribution in [0.15, 0.2) is 60.1 Å². The quantitative estimate of drug-likeness (QED) is 0.227. The Labute approximate surface area is 227 Å². The van der Waals surface area contributed by atoms with Gasteiger partial charge in [-0.2, -0.15) is 0 Å². The SMILES string of the molecule is Cc1nc(C(=O)NC2CCCC(Nc3cc(-c4ccccc4)nc(-c4c[nH]c5c(F)cc(F)cc45)n3)C2)cs1. The predicted octanol–water partition coefficient (Wildman–Crippen LogP) is 6.49. The Morgan fingerprint density at radius 3 is 2.67 bits per heavy atom. The van der Waals surface area contributed by atoms with Crippen LogP contribution in [-0.2, 0) is 0 Å². The molecule has 7 nitrogen and oxygen atoms in total. The van der Waals surface area contributed by atoms with Gasteiger partial charge in [0.15, 0.2) is 5.82 Å². The maximum absolute atomic E-state index is 14.4. The molecule has 3 N–H and O–H groups in total. The molecule has 0 radical (unpaired) electrons. The third-order valence-corrected chi connectivity index (χ3v) is 7.73. The molecule has 39 heavy (non-hydrogen) atoms. The minimum atomic E-state index is -0.670. The van der Waals surface area contributed by atoms with Crippen molar-refractivity contribution in [2.24, 2.45) is 0 Å². The van der Waals surface area contributed by atoms with Crippen LogP contribution < -0.4 is 10.6 Å². The smallest absolute Gasteiger partial charge is 0.270 e. The number of anilines is 1. The van der Waals surface area contributed by atoms with Gasteiger partial charge in [0.1, 0.15) is 23.1 Å². The van der Waals surface area contributed by atoms with Gasteiger partial charge in [-0.25, -0.2) is 23.7 Å². The van der Waals surface area contributed by atoms with Gasteiger partial charge in [0.25, 0.3) is 5.91 Å². The molecule has 1 fully saturated rings. The van der Waals surface area contributed by atoms with Crippen LogP contribution in [0.4, 0.5) is 14.6 Å². The monoisotopic (exact) mass is 544 g/mol. The average Bonchev–Trinajstić information content (AvgIpc) is 3.56. The molecule has 2 unspecified atom stereocenters. The molecule has 0 spiro atoms. The van der Waals surface area contributed by atoms with Gasteiger partial charge in [-0.15, -0.1) is 11.3 Å². The van der Waals surface area contributed by atoms with Crippen molar-refractivity contribution in [2.75, 3.05) is 5.32 Å². The average molecular weight is 545 g/mol. The van der Waals surface area contributed by atoms with Crippen LogP contribution in [0.2, 0.25) is 0 Å².